The molecule has 0 bridgehead atoms. The summed E-state index contributed by atoms with van der Waals surface area (Å²) < 4.78 is 6.26. The Balaban J connectivity index is 2.14. The molecule has 1 aromatic heterocycles. The highest BCUT2D eigenvalue weighted by Gasteiger charge is 2.14. The number of carbonyl (C=O) groups is 1. The minimum atomic E-state index is -0.626. The zero-order valence-corrected chi connectivity index (χ0v) is 10.2. The molecule has 16 heavy (non-hydrogen) atoms. The number of rotatable bonds is 6. The lowest BCUT2D eigenvalue weighted by Gasteiger charge is -2.07. The molecule has 5 nitrogen and oxygen atoms in total. The minimum absolute atomic E-state index is 0.407. The first-order valence-electron chi connectivity index (χ1n) is 5.03. The van der Waals surface area contributed by atoms with Crippen molar-refractivity contribution >= 4 is 17.6 Å². The Hall–Kier alpha value is -1.07. The summed E-state index contributed by atoms with van der Waals surface area (Å²) in [6.45, 7) is 1.17. The van der Waals surface area contributed by atoms with E-state index in [0.29, 0.717) is 6.54 Å². The number of carbonyl (C=O) groups excluding carboxylic acids is 1. The molecular formula is C10H16ClN3O2. The minimum Gasteiger partial charge on any atom is -0.468 e. The number of hydrogen-bond acceptors (Lipinski definition) is 4. The first-order chi connectivity index (χ1) is 7.63. The summed E-state index contributed by atoms with van der Waals surface area (Å²) in [4.78, 5) is 11.0. The number of nitrogens with one attached hydrogen (secondary N) is 1. The first kappa shape index (κ1) is 13.0. The Morgan fingerprint density at radius 2 is 2.50 bits per heavy atom. The van der Waals surface area contributed by atoms with Crippen LogP contribution in [-0.2, 0) is 23.0 Å². The number of nitrogens with zero attached hydrogens (tertiary/aromatic N) is 2. The van der Waals surface area contributed by atoms with Gasteiger partial charge in [-0.1, -0.05) is 0 Å². The second-order valence-corrected chi connectivity index (χ2v) is 3.99. The summed E-state index contributed by atoms with van der Waals surface area (Å²) in [5, 5.41) is 6.52. The van der Waals surface area contributed by atoms with Crippen LogP contribution in [0, 0.1) is 0 Å². The lowest BCUT2D eigenvalue weighted by Crippen LogP contribution is -2.31. The number of halogens is 1. The zero-order chi connectivity index (χ0) is 12.0. The molecule has 0 aliphatic carbocycles. The lowest BCUT2D eigenvalue weighted by atomic mass is 10.2. The number of hydrogen-bond donors (Lipinski definition) is 1. The van der Waals surface area contributed by atoms with Crippen LogP contribution in [-0.4, -0.2) is 41.3 Å². The monoisotopic (exact) mass is 245 g/mol. The van der Waals surface area contributed by atoms with Crippen molar-refractivity contribution < 1.29 is 9.53 Å². The van der Waals surface area contributed by atoms with Gasteiger partial charge in [0, 0.05) is 19.8 Å². The maximum Gasteiger partial charge on any atom is 0.325 e. The molecule has 1 N–H and O–H groups in total. The van der Waals surface area contributed by atoms with Crippen molar-refractivity contribution in [2.45, 2.75) is 11.8 Å². The molecule has 0 fully saturated rings. The van der Waals surface area contributed by atoms with E-state index in [4.69, 9.17) is 11.6 Å². The van der Waals surface area contributed by atoms with Crippen LogP contribution < -0.4 is 5.32 Å². The van der Waals surface area contributed by atoms with Crippen LogP contribution in [0.25, 0.3) is 0 Å². The summed E-state index contributed by atoms with van der Waals surface area (Å²) in [6, 6.07) is 0. The zero-order valence-electron chi connectivity index (χ0n) is 9.44. The summed E-state index contributed by atoms with van der Waals surface area (Å²) in [6.07, 6.45) is 4.64. The molecule has 0 spiro atoms. The van der Waals surface area contributed by atoms with Gasteiger partial charge in [-0.3, -0.25) is 9.48 Å². The molecule has 0 aromatic carbocycles. The number of esters is 1. The number of aryl methyl sites for hydroxylation is 1. The van der Waals surface area contributed by atoms with Gasteiger partial charge in [-0.2, -0.15) is 5.10 Å². The smallest absolute Gasteiger partial charge is 0.325 e. The fraction of sp³-hybridized carbons (Fsp3) is 0.600. The Morgan fingerprint density at radius 3 is 3.06 bits per heavy atom. The Labute approximate surface area is 99.7 Å². The molecule has 90 valence electrons. The van der Waals surface area contributed by atoms with E-state index in [1.807, 2.05) is 19.4 Å². The third kappa shape index (κ3) is 4.20. The van der Waals surface area contributed by atoms with E-state index < -0.39 is 11.3 Å². The highest BCUT2D eigenvalue weighted by atomic mass is 35.5. The van der Waals surface area contributed by atoms with Crippen LogP contribution in [0.15, 0.2) is 12.4 Å². The summed E-state index contributed by atoms with van der Waals surface area (Å²) in [7, 11) is 3.20. The standard InChI is InChI=1S/C10H16ClN3O2/c1-14-7-8(5-13-14)3-4-12-6-9(11)10(15)16-2/h5,7,9,12H,3-4,6H2,1-2H3. The van der Waals surface area contributed by atoms with Crippen molar-refractivity contribution in [1.29, 1.82) is 0 Å². The second-order valence-electron chi connectivity index (χ2n) is 3.47. The maximum atomic E-state index is 11.0. The van der Waals surface area contributed by atoms with Crippen LogP contribution in [0.3, 0.4) is 0 Å². The molecule has 1 heterocycles. The van der Waals surface area contributed by atoms with Crippen LogP contribution in [0.2, 0.25) is 0 Å². The topological polar surface area (TPSA) is 56.1 Å². The number of methoxy groups -OCH3 is 1. The molecule has 0 aliphatic heterocycles. The van der Waals surface area contributed by atoms with Crippen LogP contribution >= 0.6 is 11.6 Å². The predicted molar refractivity (Wildman–Crippen MR) is 61.4 cm³/mol. The third-order valence-electron chi connectivity index (χ3n) is 2.13. The molecular weight excluding hydrogens is 230 g/mol. The Kier molecular flexibility index (Phi) is 5.28. The molecule has 0 amide bonds. The van der Waals surface area contributed by atoms with Crippen LogP contribution in [0.4, 0.5) is 0 Å². The van der Waals surface area contributed by atoms with E-state index in [2.05, 4.69) is 15.2 Å². The van der Waals surface area contributed by atoms with Gasteiger partial charge in [0.1, 0.15) is 5.38 Å². The van der Waals surface area contributed by atoms with Gasteiger partial charge in [-0.25, -0.2) is 0 Å². The third-order valence-corrected chi connectivity index (χ3v) is 2.46. The molecule has 1 unspecified atom stereocenters. The van der Waals surface area contributed by atoms with Gasteiger partial charge >= 0.3 is 5.97 Å². The van der Waals surface area contributed by atoms with Crippen molar-refractivity contribution in [3.05, 3.63) is 18.0 Å². The molecule has 1 rings (SSSR count). The average molecular weight is 246 g/mol. The van der Waals surface area contributed by atoms with Gasteiger partial charge in [0.2, 0.25) is 0 Å². The van der Waals surface area contributed by atoms with Gasteiger partial charge in [0.25, 0.3) is 0 Å². The van der Waals surface area contributed by atoms with E-state index in [-0.39, 0.29) is 0 Å². The Morgan fingerprint density at radius 1 is 1.75 bits per heavy atom. The van der Waals surface area contributed by atoms with Gasteiger partial charge in [0.05, 0.1) is 13.3 Å². The van der Waals surface area contributed by atoms with Crippen molar-refractivity contribution in [1.82, 2.24) is 15.1 Å². The molecule has 0 saturated carbocycles. The van der Waals surface area contributed by atoms with Crippen molar-refractivity contribution in [3.63, 3.8) is 0 Å². The lowest BCUT2D eigenvalue weighted by molar-refractivity contribution is -0.140. The molecule has 0 saturated heterocycles. The van der Waals surface area contributed by atoms with Gasteiger partial charge in [-0.15, -0.1) is 11.6 Å². The first-order valence-corrected chi connectivity index (χ1v) is 5.47. The number of ether oxygens (including phenoxy) is 1. The summed E-state index contributed by atoms with van der Waals surface area (Å²) in [5.41, 5.74) is 1.15. The molecule has 0 aliphatic rings. The second kappa shape index (κ2) is 6.50. The summed E-state index contributed by atoms with van der Waals surface area (Å²) in [5.74, 6) is -0.407. The molecule has 1 atom stereocenters. The van der Waals surface area contributed by atoms with E-state index in [1.54, 1.807) is 4.68 Å². The van der Waals surface area contributed by atoms with Crippen molar-refractivity contribution in [2.24, 2.45) is 7.05 Å². The molecule has 1 aromatic rings. The largest absolute Gasteiger partial charge is 0.468 e. The van der Waals surface area contributed by atoms with Crippen LogP contribution in [0.1, 0.15) is 5.56 Å². The predicted octanol–water partition coefficient (Wildman–Crippen LogP) is 0.333. The summed E-state index contributed by atoms with van der Waals surface area (Å²) >= 11 is 5.76. The average Bonchev–Trinajstić information content (AvgIpc) is 2.69. The number of aromatic nitrogens is 2. The molecule has 0 radical (unpaired) electrons. The Bertz CT molecular complexity index is 341. The van der Waals surface area contributed by atoms with Crippen LogP contribution in [0.5, 0.6) is 0 Å². The van der Waals surface area contributed by atoms with Gasteiger partial charge in [-0.05, 0) is 18.5 Å². The van der Waals surface area contributed by atoms with E-state index in [9.17, 15) is 4.79 Å². The SMILES string of the molecule is COC(=O)C(Cl)CNCCc1cnn(C)c1. The number of alkyl halides is 1. The maximum absolute atomic E-state index is 11.0. The van der Waals surface area contributed by atoms with Gasteiger partial charge in [0.15, 0.2) is 0 Å². The van der Waals surface area contributed by atoms with E-state index in [1.165, 1.54) is 7.11 Å². The highest BCUT2D eigenvalue weighted by Crippen LogP contribution is 1.98. The quantitative estimate of drug-likeness (QED) is 0.446. The van der Waals surface area contributed by atoms with E-state index >= 15 is 0 Å². The fourth-order valence-corrected chi connectivity index (χ4v) is 1.47. The van der Waals surface area contributed by atoms with Crippen molar-refractivity contribution in [2.75, 3.05) is 20.2 Å². The molecule has 6 heteroatoms. The highest BCUT2D eigenvalue weighted by molar-refractivity contribution is 6.30. The normalized spacial score (nSPS) is 12.4. The fourth-order valence-electron chi connectivity index (χ4n) is 1.27. The van der Waals surface area contributed by atoms with Crippen molar-refractivity contribution in [3.8, 4) is 0 Å². The van der Waals surface area contributed by atoms with Gasteiger partial charge < -0.3 is 10.1 Å². The van der Waals surface area contributed by atoms with E-state index in [0.717, 1.165) is 18.5 Å².